The Hall–Kier alpha value is -1.55. The second-order valence-corrected chi connectivity index (χ2v) is 6.55. The fourth-order valence-corrected chi connectivity index (χ4v) is 3.11. The summed E-state index contributed by atoms with van der Waals surface area (Å²) in [5.74, 6) is 0.749. The van der Waals surface area contributed by atoms with Gasteiger partial charge in [0, 0.05) is 24.6 Å². The molecule has 0 radical (unpaired) electrons. The monoisotopic (exact) mass is 290 g/mol. The van der Waals surface area contributed by atoms with E-state index in [2.05, 4.69) is 5.32 Å². The highest BCUT2D eigenvalue weighted by molar-refractivity contribution is 5.82. The number of piperidine rings is 1. The lowest BCUT2D eigenvalue weighted by molar-refractivity contribution is -0.143. The van der Waals surface area contributed by atoms with E-state index in [0.29, 0.717) is 12.5 Å². The van der Waals surface area contributed by atoms with Crippen molar-refractivity contribution in [1.82, 2.24) is 10.2 Å². The summed E-state index contributed by atoms with van der Waals surface area (Å²) in [6.07, 6.45) is 2.22. The molecule has 1 saturated heterocycles. The maximum Gasteiger partial charge on any atom is 0.228 e. The van der Waals surface area contributed by atoms with Gasteiger partial charge >= 0.3 is 0 Å². The quantitative estimate of drug-likeness (QED) is 0.895. The number of phenols is 1. The lowest BCUT2D eigenvalue weighted by Gasteiger charge is -2.38. The first-order valence-electron chi connectivity index (χ1n) is 7.66. The number of nitrogens with one attached hydrogen (secondary N) is 1. The standard InChI is InChI=1S/C17H26N2O2/c1-17(2,14-8-6-10-18-11-14)16(21)19(3)12-13-7-4-5-9-15(13)20/h4-5,7,9,14,18,20H,6,8,10-12H2,1-3H3. The highest BCUT2D eigenvalue weighted by atomic mass is 16.3. The van der Waals surface area contributed by atoms with Gasteiger partial charge in [0.05, 0.1) is 0 Å². The molecule has 0 aromatic heterocycles. The zero-order valence-corrected chi connectivity index (χ0v) is 13.2. The van der Waals surface area contributed by atoms with Crippen LogP contribution in [0.25, 0.3) is 0 Å². The highest BCUT2D eigenvalue weighted by Crippen LogP contribution is 2.34. The predicted octanol–water partition coefficient (Wildman–Crippen LogP) is 2.38. The van der Waals surface area contributed by atoms with Crippen molar-refractivity contribution < 1.29 is 9.90 Å². The van der Waals surface area contributed by atoms with Gasteiger partial charge in [0.1, 0.15) is 5.75 Å². The summed E-state index contributed by atoms with van der Waals surface area (Å²) in [6, 6.07) is 7.18. The van der Waals surface area contributed by atoms with Crippen LogP contribution in [-0.2, 0) is 11.3 Å². The van der Waals surface area contributed by atoms with Crippen molar-refractivity contribution in [3.8, 4) is 5.75 Å². The molecule has 116 valence electrons. The lowest BCUT2D eigenvalue weighted by atomic mass is 9.74. The van der Waals surface area contributed by atoms with Crippen LogP contribution in [0.5, 0.6) is 5.75 Å². The molecule has 1 unspecified atom stereocenters. The smallest absolute Gasteiger partial charge is 0.228 e. The minimum absolute atomic E-state index is 0.138. The predicted molar refractivity (Wildman–Crippen MR) is 84.0 cm³/mol. The minimum Gasteiger partial charge on any atom is -0.508 e. The van der Waals surface area contributed by atoms with E-state index in [1.165, 1.54) is 0 Å². The van der Waals surface area contributed by atoms with Crippen molar-refractivity contribution in [2.75, 3.05) is 20.1 Å². The number of carbonyl (C=O) groups excluding carboxylic acids is 1. The van der Waals surface area contributed by atoms with Crippen LogP contribution in [0.15, 0.2) is 24.3 Å². The minimum atomic E-state index is -0.382. The van der Waals surface area contributed by atoms with Crippen molar-refractivity contribution in [1.29, 1.82) is 0 Å². The van der Waals surface area contributed by atoms with Crippen LogP contribution in [0.3, 0.4) is 0 Å². The average molecular weight is 290 g/mol. The molecule has 1 aliphatic heterocycles. The van der Waals surface area contributed by atoms with Gasteiger partial charge in [-0.3, -0.25) is 4.79 Å². The first-order valence-corrected chi connectivity index (χ1v) is 7.66. The molecule has 4 nitrogen and oxygen atoms in total. The fraction of sp³-hybridized carbons (Fsp3) is 0.588. The number of para-hydroxylation sites is 1. The van der Waals surface area contributed by atoms with Crippen LogP contribution in [0.1, 0.15) is 32.3 Å². The molecule has 0 bridgehead atoms. The Morgan fingerprint density at radius 1 is 1.43 bits per heavy atom. The number of benzene rings is 1. The van der Waals surface area contributed by atoms with Gasteiger partial charge in [-0.25, -0.2) is 0 Å². The van der Waals surface area contributed by atoms with Crippen LogP contribution < -0.4 is 5.32 Å². The third-order valence-electron chi connectivity index (χ3n) is 4.61. The van der Waals surface area contributed by atoms with Gasteiger partial charge in [-0.15, -0.1) is 0 Å². The average Bonchev–Trinajstić information content (AvgIpc) is 2.49. The van der Waals surface area contributed by atoms with E-state index < -0.39 is 0 Å². The Balaban J connectivity index is 2.05. The molecule has 4 heteroatoms. The molecule has 21 heavy (non-hydrogen) atoms. The van der Waals surface area contributed by atoms with Crippen molar-refractivity contribution >= 4 is 5.91 Å². The van der Waals surface area contributed by atoms with Gasteiger partial charge in [0.25, 0.3) is 0 Å². The maximum absolute atomic E-state index is 12.8. The third kappa shape index (κ3) is 3.56. The summed E-state index contributed by atoms with van der Waals surface area (Å²) in [5, 5.41) is 13.2. The molecule has 0 aliphatic carbocycles. The number of phenolic OH excluding ortho intramolecular Hbond substituents is 1. The normalized spacial score (nSPS) is 19.3. The molecule has 1 amide bonds. The summed E-state index contributed by atoms with van der Waals surface area (Å²) in [4.78, 5) is 14.5. The summed E-state index contributed by atoms with van der Waals surface area (Å²) >= 11 is 0. The molecule has 2 rings (SSSR count). The summed E-state index contributed by atoms with van der Waals surface area (Å²) in [5.41, 5.74) is 0.401. The Labute approximate surface area is 127 Å². The third-order valence-corrected chi connectivity index (χ3v) is 4.61. The van der Waals surface area contributed by atoms with Crippen LogP contribution >= 0.6 is 0 Å². The van der Waals surface area contributed by atoms with E-state index in [-0.39, 0.29) is 17.1 Å². The zero-order valence-electron chi connectivity index (χ0n) is 13.2. The van der Waals surface area contributed by atoms with Gasteiger partial charge in [-0.1, -0.05) is 32.0 Å². The molecule has 1 atom stereocenters. The molecule has 1 heterocycles. The number of carbonyl (C=O) groups is 1. The molecule has 1 aromatic rings. The van der Waals surface area contributed by atoms with Gasteiger partial charge in [-0.05, 0) is 37.9 Å². The second-order valence-electron chi connectivity index (χ2n) is 6.55. The molecule has 1 aliphatic rings. The van der Waals surface area contributed by atoms with Crippen molar-refractivity contribution in [3.63, 3.8) is 0 Å². The van der Waals surface area contributed by atoms with E-state index in [0.717, 1.165) is 31.5 Å². The fourth-order valence-electron chi connectivity index (χ4n) is 3.11. The van der Waals surface area contributed by atoms with E-state index in [4.69, 9.17) is 0 Å². The maximum atomic E-state index is 12.8. The van der Waals surface area contributed by atoms with Crippen molar-refractivity contribution in [3.05, 3.63) is 29.8 Å². The van der Waals surface area contributed by atoms with Gasteiger partial charge in [0.15, 0.2) is 0 Å². The molecule has 0 spiro atoms. The Bertz CT molecular complexity index is 493. The van der Waals surface area contributed by atoms with E-state index >= 15 is 0 Å². The molecular weight excluding hydrogens is 264 g/mol. The van der Waals surface area contributed by atoms with Crippen molar-refractivity contribution in [2.24, 2.45) is 11.3 Å². The molecule has 0 saturated carbocycles. The van der Waals surface area contributed by atoms with Crippen LogP contribution in [0.2, 0.25) is 0 Å². The summed E-state index contributed by atoms with van der Waals surface area (Å²) in [7, 11) is 1.81. The largest absolute Gasteiger partial charge is 0.508 e. The van der Waals surface area contributed by atoms with E-state index in [1.807, 2.05) is 33.0 Å². The Kier molecular flexibility index (Phi) is 4.88. The van der Waals surface area contributed by atoms with Crippen molar-refractivity contribution in [2.45, 2.75) is 33.2 Å². The number of amides is 1. The molecule has 1 fully saturated rings. The SMILES string of the molecule is CN(Cc1ccccc1O)C(=O)C(C)(C)C1CCCNC1. The van der Waals surface area contributed by atoms with Crippen LogP contribution in [0, 0.1) is 11.3 Å². The van der Waals surface area contributed by atoms with Gasteiger partial charge < -0.3 is 15.3 Å². The van der Waals surface area contributed by atoms with Gasteiger partial charge in [-0.2, -0.15) is 0 Å². The van der Waals surface area contributed by atoms with Crippen LogP contribution in [0.4, 0.5) is 0 Å². The molecule has 1 aromatic carbocycles. The van der Waals surface area contributed by atoms with Crippen LogP contribution in [-0.4, -0.2) is 36.1 Å². The lowest BCUT2D eigenvalue weighted by Crippen LogP contribution is -2.47. The topological polar surface area (TPSA) is 52.6 Å². The summed E-state index contributed by atoms with van der Waals surface area (Å²) in [6.45, 7) is 6.47. The number of nitrogens with zero attached hydrogens (tertiary/aromatic N) is 1. The number of hydrogen-bond acceptors (Lipinski definition) is 3. The Morgan fingerprint density at radius 3 is 2.76 bits per heavy atom. The number of aromatic hydroxyl groups is 1. The molecular formula is C17H26N2O2. The summed E-state index contributed by atoms with van der Waals surface area (Å²) < 4.78 is 0. The first kappa shape index (κ1) is 15.8. The van der Waals surface area contributed by atoms with E-state index in [9.17, 15) is 9.90 Å². The number of hydrogen-bond donors (Lipinski definition) is 2. The molecule has 2 N–H and O–H groups in total. The second kappa shape index (κ2) is 6.48. The Morgan fingerprint density at radius 2 is 2.14 bits per heavy atom. The zero-order chi connectivity index (χ0) is 15.5. The van der Waals surface area contributed by atoms with Gasteiger partial charge in [0.2, 0.25) is 5.91 Å². The first-order chi connectivity index (χ1) is 9.93. The van der Waals surface area contributed by atoms with E-state index in [1.54, 1.807) is 17.0 Å². The highest BCUT2D eigenvalue weighted by Gasteiger charge is 2.38. The number of rotatable bonds is 4.